The number of aromatic nitrogens is 2. The van der Waals surface area contributed by atoms with Crippen LogP contribution in [0.1, 0.15) is 62.1 Å². The van der Waals surface area contributed by atoms with Crippen molar-refractivity contribution in [3.63, 3.8) is 0 Å². The van der Waals surface area contributed by atoms with Crippen molar-refractivity contribution in [1.82, 2.24) is 4.68 Å². The van der Waals surface area contributed by atoms with Crippen molar-refractivity contribution in [1.29, 1.82) is 0 Å². The number of aryl methyl sites for hydroxylation is 4. The van der Waals surface area contributed by atoms with Gasteiger partial charge in [-0.2, -0.15) is 0 Å². The van der Waals surface area contributed by atoms with Crippen molar-refractivity contribution in [2.45, 2.75) is 65.7 Å². The van der Waals surface area contributed by atoms with Crippen molar-refractivity contribution < 1.29 is 4.68 Å². The minimum Gasteiger partial charge on any atom is -0.124 e. The van der Waals surface area contributed by atoms with E-state index in [9.17, 15) is 0 Å². The molecule has 0 saturated heterocycles. The van der Waals surface area contributed by atoms with Crippen molar-refractivity contribution in [2.75, 3.05) is 0 Å². The molecule has 0 fully saturated rings. The van der Waals surface area contributed by atoms with Gasteiger partial charge in [-0.15, -0.1) is 9.36 Å². The van der Waals surface area contributed by atoms with E-state index < -0.39 is 0 Å². The normalized spacial score (nSPS) is 20.0. The van der Waals surface area contributed by atoms with Gasteiger partial charge in [0.1, 0.15) is 11.4 Å². The number of rotatable bonds is 2. The van der Waals surface area contributed by atoms with E-state index in [2.05, 4.69) is 107 Å². The first kappa shape index (κ1) is 19.0. The van der Waals surface area contributed by atoms with Crippen LogP contribution < -0.4 is 4.68 Å². The summed E-state index contributed by atoms with van der Waals surface area (Å²) in [5, 5.41) is 0. The van der Waals surface area contributed by atoms with Crippen LogP contribution in [0.2, 0.25) is 0 Å². The van der Waals surface area contributed by atoms with Crippen LogP contribution >= 0.6 is 0 Å². The molecule has 1 atom stereocenters. The first-order valence-electron chi connectivity index (χ1n) is 10.4. The summed E-state index contributed by atoms with van der Waals surface area (Å²) < 4.78 is 4.78. The van der Waals surface area contributed by atoms with Crippen LogP contribution in [-0.4, -0.2) is 4.68 Å². The molecule has 0 spiro atoms. The minimum absolute atomic E-state index is 0.0269. The third kappa shape index (κ3) is 2.24. The maximum absolute atomic E-state index is 2.49. The maximum Gasteiger partial charge on any atom is 0.203 e. The molecular weight excluding hydrogens is 340 g/mol. The monoisotopic (exact) mass is 373 g/mol. The van der Waals surface area contributed by atoms with Crippen molar-refractivity contribution in [3.8, 4) is 16.8 Å². The highest BCUT2D eigenvalue weighted by atomic mass is 15.4. The Kier molecular flexibility index (Phi) is 4.12. The van der Waals surface area contributed by atoms with Crippen LogP contribution in [0.3, 0.4) is 0 Å². The molecule has 2 nitrogen and oxygen atoms in total. The van der Waals surface area contributed by atoms with Crippen LogP contribution in [-0.2, 0) is 17.9 Å². The summed E-state index contributed by atoms with van der Waals surface area (Å²) in [6.07, 6.45) is 3.44. The molecule has 1 aliphatic rings. The molecule has 146 valence electrons. The summed E-state index contributed by atoms with van der Waals surface area (Å²) in [6, 6.07) is 13.4. The fourth-order valence-corrected chi connectivity index (χ4v) is 5.45. The van der Waals surface area contributed by atoms with Gasteiger partial charge in [-0.25, -0.2) is 0 Å². The molecule has 2 heterocycles. The summed E-state index contributed by atoms with van der Waals surface area (Å²) >= 11 is 0. The summed E-state index contributed by atoms with van der Waals surface area (Å²) in [5.74, 6) is 0. The molecule has 28 heavy (non-hydrogen) atoms. The Balaban J connectivity index is 2.20. The summed E-state index contributed by atoms with van der Waals surface area (Å²) in [6.45, 7) is 16.4. The van der Waals surface area contributed by atoms with Crippen LogP contribution in [0.25, 0.3) is 16.8 Å². The SMILES string of the molecule is CCC1(C)c2c(-c3c(C)cccc3C)c[n+](C)n2-c2c(C)cccc2C1(C)C. The van der Waals surface area contributed by atoms with Gasteiger partial charge < -0.3 is 0 Å². The quantitative estimate of drug-likeness (QED) is 0.498. The average molecular weight is 374 g/mol. The lowest BCUT2D eigenvalue weighted by Gasteiger charge is -2.48. The van der Waals surface area contributed by atoms with Gasteiger partial charge in [0.2, 0.25) is 6.20 Å². The fraction of sp³-hybridized carbons (Fsp3) is 0.423. The topological polar surface area (TPSA) is 8.81 Å². The standard InChI is InChI=1S/C26H33N2/c1-9-26(7)24-20(22-17(2)12-10-13-18(22)3)16-27(8)28(24)23-19(4)14-11-15-21(23)25(26,5)6/h10-16H,9H2,1-8H3/q+1. The first-order chi connectivity index (χ1) is 13.1. The lowest BCUT2D eigenvalue weighted by molar-refractivity contribution is -0.745. The number of benzene rings is 2. The molecule has 0 bridgehead atoms. The van der Waals surface area contributed by atoms with E-state index in [1.54, 1.807) is 0 Å². The molecule has 4 rings (SSSR count). The summed E-state index contributed by atoms with van der Waals surface area (Å²) in [4.78, 5) is 0. The van der Waals surface area contributed by atoms with E-state index in [0.29, 0.717) is 0 Å². The molecule has 0 aliphatic carbocycles. The average Bonchev–Trinajstić information content (AvgIpc) is 2.97. The predicted molar refractivity (Wildman–Crippen MR) is 117 cm³/mol. The van der Waals surface area contributed by atoms with Crippen molar-refractivity contribution in [3.05, 3.63) is 70.5 Å². The van der Waals surface area contributed by atoms with E-state index in [4.69, 9.17) is 0 Å². The number of nitrogens with zero attached hydrogens (tertiary/aromatic N) is 2. The van der Waals surface area contributed by atoms with Gasteiger partial charge >= 0.3 is 0 Å². The lowest BCUT2D eigenvalue weighted by atomic mass is 9.57. The van der Waals surface area contributed by atoms with Gasteiger partial charge in [0.05, 0.1) is 5.56 Å². The van der Waals surface area contributed by atoms with Gasteiger partial charge in [0.25, 0.3) is 0 Å². The molecule has 1 aromatic heterocycles. The third-order valence-corrected chi connectivity index (χ3v) is 7.58. The first-order valence-corrected chi connectivity index (χ1v) is 10.4. The second-order valence-corrected chi connectivity index (χ2v) is 9.33. The largest absolute Gasteiger partial charge is 0.203 e. The molecule has 2 aromatic carbocycles. The van der Waals surface area contributed by atoms with Crippen LogP contribution in [0.5, 0.6) is 0 Å². The Bertz CT molecular complexity index is 1060. The van der Waals surface area contributed by atoms with E-state index in [-0.39, 0.29) is 10.8 Å². The number of hydrogen-bond acceptors (Lipinski definition) is 0. The van der Waals surface area contributed by atoms with Crippen LogP contribution in [0, 0.1) is 20.8 Å². The second kappa shape index (κ2) is 6.07. The van der Waals surface area contributed by atoms with Crippen molar-refractivity contribution in [2.24, 2.45) is 7.05 Å². The molecule has 0 radical (unpaired) electrons. The van der Waals surface area contributed by atoms with Crippen LogP contribution in [0.4, 0.5) is 0 Å². The molecule has 0 saturated carbocycles. The molecule has 2 heteroatoms. The van der Waals surface area contributed by atoms with Gasteiger partial charge in [-0.05, 0) is 55.0 Å². The number of fused-ring (bicyclic) bond motifs is 3. The molecular formula is C26H33N2+. The smallest absolute Gasteiger partial charge is 0.124 e. The predicted octanol–water partition coefficient (Wildman–Crippen LogP) is 5.85. The second-order valence-electron chi connectivity index (χ2n) is 9.33. The molecule has 3 aromatic rings. The van der Waals surface area contributed by atoms with Gasteiger partial charge in [0, 0.05) is 10.8 Å². The Hall–Kier alpha value is -2.35. The summed E-state index contributed by atoms with van der Waals surface area (Å²) in [7, 11) is 2.19. The fourth-order valence-electron chi connectivity index (χ4n) is 5.45. The zero-order valence-corrected chi connectivity index (χ0v) is 18.6. The van der Waals surface area contributed by atoms with E-state index in [1.165, 1.54) is 44.8 Å². The van der Waals surface area contributed by atoms with Crippen LogP contribution in [0.15, 0.2) is 42.6 Å². The zero-order chi connectivity index (χ0) is 20.4. The molecule has 1 unspecified atom stereocenters. The molecule has 1 aliphatic heterocycles. The maximum atomic E-state index is 2.49. The Morgan fingerprint density at radius 2 is 1.46 bits per heavy atom. The van der Waals surface area contributed by atoms with E-state index >= 15 is 0 Å². The third-order valence-electron chi connectivity index (χ3n) is 7.58. The Morgan fingerprint density at radius 3 is 2.07 bits per heavy atom. The van der Waals surface area contributed by atoms with Crippen molar-refractivity contribution >= 4 is 0 Å². The highest BCUT2D eigenvalue weighted by molar-refractivity contribution is 5.75. The zero-order valence-electron chi connectivity index (χ0n) is 18.6. The molecule has 0 amide bonds. The number of para-hydroxylation sites is 1. The van der Waals surface area contributed by atoms with Gasteiger partial charge in [-0.3, -0.25) is 0 Å². The Morgan fingerprint density at radius 1 is 0.893 bits per heavy atom. The highest BCUT2D eigenvalue weighted by Gasteiger charge is 2.53. The minimum atomic E-state index is 0.0269. The summed E-state index contributed by atoms with van der Waals surface area (Å²) in [5.41, 5.74) is 11.1. The Labute approximate surface area is 169 Å². The van der Waals surface area contributed by atoms with E-state index in [1.807, 2.05) is 0 Å². The van der Waals surface area contributed by atoms with E-state index in [0.717, 1.165) is 6.42 Å². The molecule has 0 N–H and O–H groups in total. The number of hydrogen-bond donors (Lipinski definition) is 0. The lowest BCUT2D eigenvalue weighted by Crippen LogP contribution is -2.52. The van der Waals surface area contributed by atoms with Gasteiger partial charge in [-0.1, -0.05) is 64.1 Å². The highest BCUT2D eigenvalue weighted by Crippen LogP contribution is 2.54. The van der Waals surface area contributed by atoms with Gasteiger partial charge in [0.15, 0.2) is 7.05 Å².